The number of carbonyl (C=O) groups excluding carboxylic acids is 2. The van der Waals surface area contributed by atoms with Gasteiger partial charge in [-0.15, -0.1) is 0 Å². The Bertz CT molecular complexity index is 522. The summed E-state index contributed by atoms with van der Waals surface area (Å²) in [5.41, 5.74) is 0. The van der Waals surface area contributed by atoms with Gasteiger partial charge in [0, 0.05) is 30.5 Å². The van der Waals surface area contributed by atoms with E-state index in [0.29, 0.717) is 31.8 Å². The molecule has 1 aromatic rings. The Balaban J connectivity index is 1.89. The Kier molecular flexibility index (Phi) is 5.42. The molecule has 1 saturated heterocycles. The van der Waals surface area contributed by atoms with E-state index in [0.717, 1.165) is 8.95 Å². The Hall–Kier alpha value is -1.08. The fraction of sp³-hybridized carbons (Fsp3) is 0.385. The summed E-state index contributed by atoms with van der Waals surface area (Å²) in [6.07, 6.45) is 0.341. The summed E-state index contributed by atoms with van der Waals surface area (Å²) < 4.78 is 7.23. The van der Waals surface area contributed by atoms with Crippen molar-refractivity contribution >= 4 is 43.7 Å². The lowest BCUT2D eigenvalue weighted by atomic mass is 10.3. The molecule has 7 heteroatoms. The maximum absolute atomic E-state index is 12.0. The summed E-state index contributed by atoms with van der Waals surface area (Å²) in [5.74, 6) is 0.485. The summed E-state index contributed by atoms with van der Waals surface area (Å²) in [5, 5.41) is 2.73. The van der Waals surface area contributed by atoms with Crippen molar-refractivity contribution in [3.8, 4) is 5.75 Å². The second kappa shape index (κ2) is 7.08. The molecule has 2 amide bonds. The second-order valence-electron chi connectivity index (χ2n) is 4.34. The van der Waals surface area contributed by atoms with Crippen molar-refractivity contribution in [1.29, 1.82) is 0 Å². The van der Waals surface area contributed by atoms with Gasteiger partial charge in [-0.2, -0.15) is 0 Å². The first-order chi connectivity index (χ1) is 9.56. The minimum Gasteiger partial charge on any atom is -0.483 e. The molecule has 0 unspecified atom stereocenters. The molecule has 0 bridgehead atoms. The molecule has 0 radical (unpaired) electrons. The van der Waals surface area contributed by atoms with Crippen LogP contribution in [0.15, 0.2) is 27.1 Å². The second-order valence-corrected chi connectivity index (χ2v) is 6.11. The van der Waals surface area contributed by atoms with Crippen molar-refractivity contribution in [2.24, 2.45) is 0 Å². The molecule has 1 fully saturated rings. The molecule has 1 aromatic carbocycles. The van der Waals surface area contributed by atoms with Crippen LogP contribution in [0.4, 0.5) is 0 Å². The molecule has 5 nitrogen and oxygen atoms in total. The quantitative estimate of drug-likeness (QED) is 0.835. The van der Waals surface area contributed by atoms with Gasteiger partial charge in [0.05, 0.1) is 4.47 Å². The number of hydrogen-bond acceptors (Lipinski definition) is 3. The number of nitrogens with zero attached hydrogens (tertiary/aromatic N) is 1. The topological polar surface area (TPSA) is 58.6 Å². The Morgan fingerprint density at radius 2 is 2.15 bits per heavy atom. The molecular weight excluding hydrogens is 392 g/mol. The van der Waals surface area contributed by atoms with Crippen molar-refractivity contribution in [2.45, 2.75) is 6.42 Å². The van der Waals surface area contributed by atoms with E-state index in [1.807, 2.05) is 12.1 Å². The van der Waals surface area contributed by atoms with E-state index in [2.05, 4.69) is 37.2 Å². The Morgan fingerprint density at radius 1 is 1.35 bits per heavy atom. The lowest BCUT2D eigenvalue weighted by Gasteiger charge is -2.19. The van der Waals surface area contributed by atoms with Gasteiger partial charge in [-0.3, -0.25) is 9.59 Å². The average molecular weight is 406 g/mol. The fourth-order valence-corrected chi connectivity index (χ4v) is 3.00. The number of rotatable bonds is 3. The van der Waals surface area contributed by atoms with Crippen LogP contribution in [0.1, 0.15) is 6.42 Å². The van der Waals surface area contributed by atoms with Gasteiger partial charge in [-0.1, -0.05) is 15.9 Å². The first kappa shape index (κ1) is 15.3. The number of halogens is 2. The van der Waals surface area contributed by atoms with Gasteiger partial charge in [0.1, 0.15) is 5.75 Å². The highest BCUT2D eigenvalue weighted by atomic mass is 79.9. The van der Waals surface area contributed by atoms with Gasteiger partial charge in [0.25, 0.3) is 5.91 Å². The normalized spacial score (nSPS) is 15.5. The lowest BCUT2D eigenvalue weighted by Crippen LogP contribution is -2.37. The molecule has 1 heterocycles. The summed E-state index contributed by atoms with van der Waals surface area (Å²) >= 11 is 6.73. The van der Waals surface area contributed by atoms with Gasteiger partial charge in [0.15, 0.2) is 6.61 Å². The highest BCUT2D eigenvalue weighted by Crippen LogP contribution is 2.28. The van der Waals surface area contributed by atoms with Crippen molar-refractivity contribution < 1.29 is 14.3 Å². The van der Waals surface area contributed by atoms with Crippen LogP contribution >= 0.6 is 31.9 Å². The molecular formula is C13H14Br2N2O3. The Morgan fingerprint density at radius 3 is 2.90 bits per heavy atom. The number of carbonyl (C=O) groups is 2. The van der Waals surface area contributed by atoms with Gasteiger partial charge in [0.2, 0.25) is 5.91 Å². The van der Waals surface area contributed by atoms with Crippen molar-refractivity contribution in [1.82, 2.24) is 10.2 Å². The number of nitrogens with one attached hydrogen (secondary N) is 1. The molecule has 0 aliphatic carbocycles. The first-order valence-electron chi connectivity index (χ1n) is 6.18. The van der Waals surface area contributed by atoms with Crippen LogP contribution in [0.25, 0.3) is 0 Å². The van der Waals surface area contributed by atoms with Gasteiger partial charge in [-0.25, -0.2) is 0 Å². The van der Waals surface area contributed by atoms with E-state index in [9.17, 15) is 9.59 Å². The van der Waals surface area contributed by atoms with Crippen molar-refractivity contribution in [3.63, 3.8) is 0 Å². The summed E-state index contributed by atoms with van der Waals surface area (Å²) in [6, 6.07) is 5.49. The third-order valence-corrected chi connectivity index (χ3v) is 4.02. The fourth-order valence-electron chi connectivity index (χ4n) is 1.84. The van der Waals surface area contributed by atoms with Crippen LogP contribution in [0, 0.1) is 0 Å². The maximum atomic E-state index is 12.0. The molecule has 1 aliphatic heterocycles. The van der Waals surface area contributed by atoms with Gasteiger partial charge >= 0.3 is 0 Å². The number of ether oxygens (including phenoxy) is 1. The molecule has 0 spiro atoms. The van der Waals surface area contributed by atoms with Crippen LogP contribution in [-0.4, -0.2) is 43.0 Å². The van der Waals surface area contributed by atoms with Crippen LogP contribution < -0.4 is 10.1 Å². The third kappa shape index (κ3) is 4.21. The highest BCUT2D eigenvalue weighted by Gasteiger charge is 2.18. The summed E-state index contributed by atoms with van der Waals surface area (Å²) in [6.45, 7) is 1.42. The monoisotopic (exact) mass is 404 g/mol. The van der Waals surface area contributed by atoms with E-state index in [1.165, 1.54) is 0 Å². The van der Waals surface area contributed by atoms with Gasteiger partial charge < -0.3 is 15.0 Å². The largest absolute Gasteiger partial charge is 0.483 e. The van der Waals surface area contributed by atoms with E-state index >= 15 is 0 Å². The van der Waals surface area contributed by atoms with E-state index < -0.39 is 0 Å². The molecule has 0 atom stereocenters. The number of amides is 2. The van der Waals surface area contributed by atoms with E-state index in [1.54, 1.807) is 11.0 Å². The molecule has 2 rings (SSSR count). The third-order valence-electron chi connectivity index (χ3n) is 2.91. The van der Waals surface area contributed by atoms with E-state index in [4.69, 9.17) is 4.74 Å². The molecule has 108 valence electrons. The zero-order valence-corrected chi connectivity index (χ0v) is 13.9. The predicted molar refractivity (Wildman–Crippen MR) is 81.5 cm³/mol. The standard InChI is InChI=1S/C13H14Br2N2O3/c14-9-1-2-11(10(15)7-9)20-8-13(19)17-5-3-12(18)16-4-6-17/h1-2,7H,3-6,8H2,(H,16,18). The lowest BCUT2D eigenvalue weighted by molar-refractivity contribution is -0.133. The van der Waals surface area contributed by atoms with Crippen LogP contribution in [0.5, 0.6) is 5.75 Å². The van der Waals surface area contributed by atoms with Gasteiger partial charge in [-0.05, 0) is 34.1 Å². The number of hydrogen-bond donors (Lipinski definition) is 1. The van der Waals surface area contributed by atoms with Crippen LogP contribution in [0.2, 0.25) is 0 Å². The van der Waals surface area contributed by atoms with Crippen molar-refractivity contribution in [3.05, 3.63) is 27.1 Å². The van der Waals surface area contributed by atoms with Crippen molar-refractivity contribution in [2.75, 3.05) is 26.2 Å². The minimum atomic E-state index is -0.115. The zero-order valence-electron chi connectivity index (χ0n) is 10.7. The van der Waals surface area contributed by atoms with Crippen LogP contribution in [-0.2, 0) is 9.59 Å². The van der Waals surface area contributed by atoms with Crippen LogP contribution in [0.3, 0.4) is 0 Å². The molecule has 20 heavy (non-hydrogen) atoms. The average Bonchev–Trinajstić information content (AvgIpc) is 2.62. The Labute approximate surface area is 133 Å². The maximum Gasteiger partial charge on any atom is 0.260 e. The molecule has 1 aliphatic rings. The zero-order chi connectivity index (χ0) is 14.5. The number of benzene rings is 1. The highest BCUT2D eigenvalue weighted by molar-refractivity contribution is 9.11. The molecule has 0 saturated carbocycles. The predicted octanol–water partition coefficient (Wildman–Crippen LogP) is 1.94. The summed E-state index contributed by atoms with van der Waals surface area (Å²) in [7, 11) is 0. The molecule has 0 aromatic heterocycles. The van der Waals surface area contributed by atoms with E-state index in [-0.39, 0.29) is 18.4 Å². The first-order valence-corrected chi connectivity index (χ1v) is 7.77. The minimum absolute atomic E-state index is 0.0168. The molecule has 1 N–H and O–H groups in total. The SMILES string of the molecule is O=C1CCN(C(=O)COc2ccc(Br)cc2Br)CCN1. The summed E-state index contributed by atoms with van der Waals surface area (Å²) in [4.78, 5) is 24.9. The smallest absolute Gasteiger partial charge is 0.260 e.